The third-order valence-corrected chi connectivity index (χ3v) is 4.91. The van der Waals surface area contributed by atoms with Crippen LogP contribution in [0.2, 0.25) is 20.1 Å². The van der Waals surface area contributed by atoms with Gasteiger partial charge >= 0.3 is 0 Å². The van der Waals surface area contributed by atoms with E-state index in [0.717, 1.165) is 4.80 Å². The minimum atomic E-state index is -0.666. The van der Waals surface area contributed by atoms with Gasteiger partial charge in [-0.05, 0) is 36.4 Å². The molecule has 2 aromatic carbocycles. The number of halogens is 4. The molecule has 0 unspecified atom stereocenters. The maximum atomic E-state index is 12.7. The van der Waals surface area contributed by atoms with Crippen LogP contribution in [0.4, 0.5) is 0 Å². The van der Waals surface area contributed by atoms with Crippen LogP contribution in [-0.4, -0.2) is 20.9 Å². The molecule has 27 heavy (non-hydrogen) atoms. The first-order chi connectivity index (χ1) is 12.6. The van der Waals surface area contributed by atoms with Crippen LogP contribution >= 0.6 is 46.4 Å². The third-order valence-electron chi connectivity index (χ3n) is 3.81. The lowest BCUT2D eigenvalue weighted by Crippen LogP contribution is -2.28. The predicted octanol–water partition coefficient (Wildman–Crippen LogP) is 6.91. The first-order valence-corrected chi connectivity index (χ1v) is 9.52. The van der Waals surface area contributed by atoms with E-state index in [2.05, 4.69) is 10.2 Å². The molecule has 0 spiro atoms. The molecule has 3 rings (SSSR count). The fraction of sp³-hybridized carbons (Fsp3) is 0.211. The minimum Gasteiger partial charge on any atom is -0.270 e. The van der Waals surface area contributed by atoms with Crippen molar-refractivity contribution in [3.8, 4) is 22.5 Å². The number of benzene rings is 2. The first kappa shape index (κ1) is 20.2. The first-order valence-electron chi connectivity index (χ1n) is 8.01. The van der Waals surface area contributed by atoms with Crippen LogP contribution < -0.4 is 0 Å². The Morgan fingerprint density at radius 2 is 1.22 bits per heavy atom. The van der Waals surface area contributed by atoms with Gasteiger partial charge in [0.15, 0.2) is 0 Å². The number of rotatable bonds is 2. The molecule has 0 radical (unpaired) electrons. The van der Waals surface area contributed by atoms with Gasteiger partial charge in [0.1, 0.15) is 11.4 Å². The van der Waals surface area contributed by atoms with Gasteiger partial charge < -0.3 is 0 Å². The maximum Gasteiger partial charge on any atom is 0.269 e. The van der Waals surface area contributed by atoms with Crippen LogP contribution in [0.5, 0.6) is 0 Å². The fourth-order valence-corrected chi connectivity index (χ4v) is 3.42. The summed E-state index contributed by atoms with van der Waals surface area (Å²) in [5.41, 5.74) is 1.38. The second kappa shape index (κ2) is 7.44. The molecular weight excluding hydrogens is 428 g/mol. The van der Waals surface area contributed by atoms with E-state index in [4.69, 9.17) is 46.4 Å². The third kappa shape index (κ3) is 4.14. The van der Waals surface area contributed by atoms with E-state index in [1.165, 1.54) is 0 Å². The average molecular weight is 443 g/mol. The van der Waals surface area contributed by atoms with Gasteiger partial charge in [-0.1, -0.05) is 67.2 Å². The molecule has 4 nitrogen and oxygen atoms in total. The van der Waals surface area contributed by atoms with Crippen molar-refractivity contribution < 1.29 is 4.79 Å². The molecule has 0 fully saturated rings. The zero-order valence-corrected chi connectivity index (χ0v) is 17.7. The highest BCUT2D eigenvalue weighted by molar-refractivity contribution is 6.37. The van der Waals surface area contributed by atoms with E-state index >= 15 is 0 Å². The van der Waals surface area contributed by atoms with Gasteiger partial charge in [0.25, 0.3) is 5.91 Å². The summed E-state index contributed by atoms with van der Waals surface area (Å²) >= 11 is 24.7. The molecule has 1 aromatic heterocycles. The van der Waals surface area contributed by atoms with Crippen molar-refractivity contribution in [1.29, 1.82) is 0 Å². The van der Waals surface area contributed by atoms with Crippen molar-refractivity contribution in [3.63, 3.8) is 0 Å². The number of nitrogens with zero attached hydrogens (tertiary/aromatic N) is 3. The quantitative estimate of drug-likeness (QED) is 0.433. The van der Waals surface area contributed by atoms with E-state index in [-0.39, 0.29) is 5.91 Å². The molecule has 0 bridgehead atoms. The van der Waals surface area contributed by atoms with E-state index in [1.807, 2.05) is 0 Å². The smallest absolute Gasteiger partial charge is 0.269 e. The standard InChI is InChI=1S/C19H15Cl4N3O/c1-19(2,3)18(27)26-24-16(12-6-4-10(20)8-14(12)22)17(25-26)13-7-5-11(21)9-15(13)23/h4-9H,1-3H3. The largest absolute Gasteiger partial charge is 0.270 e. The Balaban J connectivity index is 2.27. The van der Waals surface area contributed by atoms with E-state index in [0.29, 0.717) is 42.6 Å². The summed E-state index contributed by atoms with van der Waals surface area (Å²) in [4.78, 5) is 13.8. The van der Waals surface area contributed by atoms with Crippen molar-refractivity contribution in [2.75, 3.05) is 0 Å². The highest BCUT2D eigenvalue weighted by atomic mass is 35.5. The highest BCUT2D eigenvalue weighted by Gasteiger charge is 2.28. The summed E-state index contributed by atoms with van der Waals surface area (Å²) < 4.78 is 0. The number of carbonyl (C=O) groups excluding carboxylic acids is 1. The summed E-state index contributed by atoms with van der Waals surface area (Å²) in [6, 6.07) is 10.1. The van der Waals surface area contributed by atoms with Crippen molar-refractivity contribution in [1.82, 2.24) is 15.0 Å². The monoisotopic (exact) mass is 441 g/mol. The van der Waals surface area contributed by atoms with Crippen molar-refractivity contribution in [2.24, 2.45) is 5.41 Å². The second-order valence-corrected chi connectivity index (χ2v) is 8.68. The lowest BCUT2D eigenvalue weighted by Gasteiger charge is -2.14. The summed E-state index contributed by atoms with van der Waals surface area (Å²) in [5, 5.41) is 10.6. The van der Waals surface area contributed by atoms with E-state index in [9.17, 15) is 4.79 Å². The highest BCUT2D eigenvalue weighted by Crippen LogP contribution is 2.38. The summed E-state index contributed by atoms with van der Waals surface area (Å²) in [6.45, 7) is 5.38. The lowest BCUT2D eigenvalue weighted by atomic mass is 9.96. The molecule has 0 aliphatic heterocycles. The molecule has 0 aliphatic carbocycles. The molecule has 8 heteroatoms. The zero-order valence-electron chi connectivity index (χ0n) is 14.7. The summed E-state index contributed by atoms with van der Waals surface area (Å²) in [7, 11) is 0. The van der Waals surface area contributed by atoms with Crippen LogP contribution in [0.1, 0.15) is 25.6 Å². The van der Waals surface area contributed by atoms with Gasteiger partial charge in [-0.15, -0.1) is 15.0 Å². The lowest BCUT2D eigenvalue weighted by molar-refractivity contribution is 0.0728. The molecule has 0 amide bonds. The molecular formula is C19H15Cl4N3O. The van der Waals surface area contributed by atoms with Gasteiger partial charge in [0, 0.05) is 26.6 Å². The van der Waals surface area contributed by atoms with Crippen molar-refractivity contribution in [3.05, 3.63) is 56.5 Å². The van der Waals surface area contributed by atoms with Crippen LogP contribution in [-0.2, 0) is 0 Å². The van der Waals surface area contributed by atoms with Gasteiger partial charge in [-0.2, -0.15) is 0 Å². The molecule has 3 aromatic rings. The Morgan fingerprint density at radius 1 is 0.815 bits per heavy atom. The van der Waals surface area contributed by atoms with Gasteiger partial charge in [-0.3, -0.25) is 4.79 Å². The molecule has 0 atom stereocenters. The zero-order chi connectivity index (χ0) is 19.9. The van der Waals surface area contributed by atoms with Gasteiger partial charge in [0.2, 0.25) is 0 Å². The number of hydrogen-bond donors (Lipinski definition) is 0. The van der Waals surface area contributed by atoms with Crippen LogP contribution in [0.15, 0.2) is 36.4 Å². The minimum absolute atomic E-state index is 0.259. The van der Waals surface area contributed by atoms with Crippen LogP contribution in [0.3, 0.4) is 0 Å². The molecule has 0 saturated heterocycles. The normalized spacial score (nSPS) is 11.7. The Morgan fingerprint density at radius 3 is 1.56 bits per heavy atom. The maximum absolute atomic E-state index is 12.7. The van der Waals surface area contributed by atoms with Crippen LogP contribution in [0.25, 0.3) is 22.5 Å². The topological polar surface area (TPSA) is 47.8 Å². The Labute approximate surface area is 177 Å². The van der Waals surface area contributed by atoms with Crippen molar-refractivity contribution in [2.45, 2.75) is 20.8 Å². The number of hydrogen-bond acceptors (Lipinski definition) is 3. The second-order valence-electron chi connectivity index (χ2n) is 6.99. The number of carbonyl (C=O) groups is 1. The fourth-order valence-electron chi connectivity index (χ4n) is 2.42. The Bertz CT molecular complexity index is 969. The number of aromatic nitrogens is 3. The van der Waals surface area contributed by atoms with Gasteiger partial charge in [-0.25, -0.2) is 0 Å². The predicted molar refractivity (Wildman–Crippen MR) is 111 cm³/mol. The molecule has 0 N–H and O–H groups in total. The molecule has 0 aliphatic rings. The summed E-state index contributed by atoms with van der Waals surface area (Å²) in [6.07, 6.45) is 0. The molecule has 0 saturated carbocycles. The van der Waals surface area contributed by atoms with Gasteiger partial charge in [0.05, 0.1) is 10.0 Å². The Kier molecular flexibility index (Phi) is 5.55. The van der Waals surface area contributed by atoms with Crippen LogP contribution in [0, 0.1) is 5.41 Å². The SMILES string of the molecule is CC(C)(C)C(=O)n1nc(-c2ccc(Cl)cc2Cl)c(-c2ccc(Cl)cc2Cl)n1. The Hall–Kier alpha value is -1.59. The van der Waals surface area contributed by atoms with E-state index < -0.39 is 5.41 Å². The summed E-state index contributed by atoms with van der Waals surface area (Å²) in [5.74, 6) is -0.259. The average Bonchev–Trinajstić information content (AvgIpc) is 2.97. The molecule has 1 heterocycles. The van der Waals surface area contributed by atoms with E-state index in [1.54, 1.807) is 57.2 Å². The molecule has 140 valence electrons. The van der Waals surface area contributed by atoms with Crippen molar-refractivity contribution >= 4 is 52.3 Å².